The van der Waals surface area contributed by atoms with Crippen molar-refractivity contribution in [3.8, 4) is 0 Å². The van der Waals surface area contributed by atoms with Crippen molar-refractivity contribution >= 4 is 5.97 Å². The highest BCUT2D eigenvalue weighted by Crippen LogP contribution is 1.93. The van der Waals surface area contributed by atoms with Crippen LogP contribution in [-0.4, -0.2) is 42.7 Å². The monoisotopic (exact) mass is 204 g/mol. The van der Waals surface area contributed by atoms with Gasteiger partial charge in [0, 0.05) is 6.42 Å². The summed E-state index contributed by atoms with van der Waals surface area (Å²) in [5.41, 5.74) is 9.11. The van der Waals surface area contributed by atoms with Gasteiger partial charge in [0.15, 0.2) is 12.3 Å². The Morgan fingerprint density at radius 2 is 2.21 bits per heavy atom. The van der Waals surface area contributed by atoms with Gasteiger partial charge in [-0.15, -0.1) is 0 Å². The van der Waals surface area contributed by atoms with Gasteiger partial charge in [-0.3, -0.25) is 16.0 Å². The second-order valence-electron chi connectivity index (χ2n) is 3.38. The Morgan fingerprint density at radius 1 is 1.64 bits per heavy atom. The molecule has 6 nitrogen and oxygen atoms in total. The van der Waals surface area contributed by atoms with Crippen LogP contribution in [0.25, 0.3) is 0 Å². The standard InChI is InChI=1S/C8H19N4O2/c1-12(2)8(10)11-5-3-4-6(9)7(13)14/h6,11H,3-5,9-10H2,1-2H3,(H,13,14)/p+1/t6-/m0/s1. The van der Waals surface area contributed by atoms with Crippen LogP contribution in [0.15, 0.2) is 0 Å². The topological polar surface area (TPSA) is 106 Å². The first-order valence-electron chi connectivity index (χ1n) is 4.54. The lowest BCUT2D eigenvalue weighted by molar-refractivity contribution is -0.409. The Hall–Kier alpha value is -0.690. The van der Waals surface area contributed by atoms with Crippen LogP contribution in [0, 0.1) is 6.29 Å². The zero-order valence-electron chi connectivity index (χ0n) is 8.79. The molecule has 0 unspecified atom stereocenters. The SMILES string of the molecule is CN(C)[C](N)NCCC[C@H]([NH3+])C(=O)O. The van der Waals surface area contributed by atoms with E-state index in [0.29, 0.717) is 19.3 Å². The third-order valence-electron chi connectivity index (χ3n) is 1.87. The number of nitrogens with one attached hydrogen (secondary N) is 1. The quantitative estimate of drug-likeness (QED) is 0.360. The number of nitrogens with zero attached hydrogens (tertiary/aromatic N) is 1. The zero-order chi connectivity index (χ0) is 11.1. The third-order valence-corrected chi connectivity index (χ3v) is 1.87. The lowest BCUT2D eigenvalue weighted by atomic mass is 10.2. The largest absolute Gasteiger partial charge is 0.477 e. The molecule has 0 saturated heterocycles. The molecule has 7 N–H and O–H groups in total. The number of carboxylic acids is 1. The predicted octanol–water partition coefficient (Wildman–Crippen LogP) is -1.98. The van der Waals surface area contributed by atoms with Crippen molar-refractivity contribution in [3.05, 3.63) is 6.29 Å². The Kier molecular flexibility index (Phi) is 6.39. The average Bonchev–Trinajstić information content (AvgIpc) is 2.11. The molecule has 0 rings (SSSR count). The molecule has 0 heterocycles. The molecule has 0 bridgehead atoms. The minimum atomic E-state index is -0.852. The van der Waals surface area contributed by atoms with Gasteiger partial charge in [-0.1, -0.05) is 0 Å². The highest BCUT2D eigenvalue weighted by atomic mass is 16.4. The van der Waals surface area contributed by atoms with Gasteiger partial charge in [0.2, 0.25) is 0 Å². The molecule has 0 aromatic rings. The predicted molar refractivity (Wildman–Crippen MR) is 52.7 cm³/mol. The van der Waals surface area contributed by atoms with E-state index in [-0.39, 0.29) is 0 Å². The summed E-state index contributed by atoms with van der Waals surface area (Å²) in [5.74, 6) is -0.852. The number of nitrogens with two attached hydrogens (primary N) is 1. The molecular weight excluding hydrogens is 184 g/mol. The molecule has 83 valence electrons. The number of quaternary nitrogens is 1. The van der Waals surface area contributed by atoms with Crippen LogP contribution in [0.2, 0.25) is 0 Å². The van der Waals surface area contributed by atoms with Gasteiger partial charge >= 0.3 is 5.97 Å². The van der Waals surface area contributed by atoms with E-state index in [0.717, 1.165) is 6.42 Å². The second kappa shape index (κ2) is 6.72. The molecule has 0 aliphatic rings. The fourth-order valence-electron chi connectivity index (χ4n) is 0.847. The molecule has 1 atom stereocenters. The summed E-state index contributed by atoms with van der Waals surface area (Å²) in [6.07, 6.45) is 1.89. The van der Waals surface area contributed by atoms with E-state index in [9.17, 15) is 4.79 Å². The molecule has 0 spiro atoms. The van der Waals surface area contributed by atoms with Crippen LogP contribution in [0.5, 0.6) is 0 Å². The summed E-state index contributed by atoms with van der Waals surface area (Å²) in [7, 11) is 3.67. The van der Waals surface area contributed by atoms with E-state index < -0.39 is 12.0 Å². The summed E-state index contributed by atoms with van der Waals surface area (Å²) < 4.78 is 0. The van der Waals surface area contributed by atoms with E-state index in [1.54, 1.807) is 4.90 Å². The first-order chi connectivity index (χ1) is 6.45. The van der Waals surface area contributed by atoms with Gasteiger partial charge in [-0.05, 0) is 27.1 Å². The first-order valence-corrected chi connectivity index (χ1v) is 4.54. The van der Waals surface area contributed by atoms with Crippen molar-refractivity contribution in [1.82, 2.24) is 10.2 Å². The van der Waals surface area contributed by atoms with Gasteiger partial charge in [0.05, 0.1) is 0 Å². The Labute approximate surface area is 84.2 Å². The van der Waals surface area contributed by atoms with Gasteiger partial charge in [0.1, 0.15) is 0 Å². The zero-order valence-corrected chi connectivity index (χ0v) is 8.79. The van der Waals surface area contributed by atoms with E-state index in [4.69, 9.17) is 10.8 Å². The van der Waals surface area contributed by atoms with Crippen LogP contribution < -0.4 is 16.8 Å². The molecule has 0 aromatic carbocycles. The van der Waals surface area contributed by atoms with Gasteiger partial charge in [-0.2, -0.15) is 0 Å². The summed E-state index contributed by atoms with van der Waals surface area (Å²) in [6, 6.07) is -0.530. The van der Waals surface area contributed by atoms with E-state index in [1.165, 1.54) is 0 Å². The minimum Gasteiger partial charge on any atom is -0.477 e. The maximum absolute atomic E-state index is 10.4. The highest BCUT2D eigenvalue weighted by Gasteiger charge is 2.14. The average molecular weight is 204 g/mol. The summed E-state index contributed by atoms with van der Waals surface area (Å²) in [6.45, 7) is 0.670. The molecule has 0 aliphatic carbocycles. The van der Waals surface area contributed by atoms with E-state index >= 15 is 0 Å². The maximum Gasteiger partial charge on any atom is 0.362 e. The molecule has 0 saturated carbocycles. The van der Waals surface area contributed by atoms with Gasteiger partial charge in [0.25, 0.3) is 0 Å². The van der Waals surface area contributed by atoms with Crippen LogP contribution >= 0.6 is 0 Å². The number of aliphatic carboxylic acids is 1. The molecular formula is C8H20N4O2+. The fraction of sp³-hybridized carbons (Fsp3) is 0.750. The number of carboxylic acid groups (broad SMARTS) is 1. The van der Waals surface area contributed by atoms with E-state index in [1.807, 2.05) is 14.1 Å². The molecule has 1 radical (unpaired) electrons. The van der Waals surface area contributed by atoms with Gasteiger partial charge < -0.3 is 10.8 Å². The van der Waals surface area contributed by atoms with Crippen molar-refractivity contribution in [2.45, 2.75) is 18.9 Å². The van der Waals surface area contributed by atoms with Crippen molar-refractivity contribution < 1.29 is 15.6 Å². The van der Waals surface area contributed by atoms with Crippen molar-refractivity contribution in [2.24, 2.45) is 5.73 Å². The molecule has 6 heteroatoms. The van der Waals surface area contributed by atoms with Crippen molar-refractivity contribution in [1.29, 1.82) is 0 Å². The Morgan fingerprint density at radius 3 is 2.64 bits per heavy atom. The summed E-state index contributed by atoms with van der Waals surface area (Å²) >= 11 is 0. The molecule has 0 amide bonds. The first kappa shape index (κ1) is 13.3. The molecule has 0 aromatic heterocycles. The lowest BCUT2D eigenvalue weighted by Crippen LogP contribution is -2.64. The highest BCUT2D eigenvalue weighted by molar-refractivity contribution is 5.71. The van der Waals surface area contributed by atoms with Crippen molar-refractivity contribution in [3.63, 3.8) is 0 Å². The van der Waals surface area contributed by atoms with Crippen LogP contribution in [0.4, 0.5) is 0 Å². The normalized spacial score (nSPS) is 13.6. The van der Waals surface area contributed by atoms with Crippen LogP contribution in [-0.2, 0) is 4.79 Å². The third kappa shape index (κ3) is 5.87. The fourth-order valence-corrected chi connectivity index (χ4v) is 0.847. The van der Waals surface area contributed by atoms with E-state index in [2.05, 4.69) is 11.1 Å². The Balaban J connectivity index is 3.42. The molecule has 0 aliphatic heterocycles. The lowest BCUT2D eigenvalue weighted by Gasteiger charge is -2.18. The minimum absolute atomic E-state index is 0.530. The second-order valence-corrected chi connectivity index (χ2v) is 3.38. The number of rotatable bonds is 7. The van der Waals surface area contributed by atoms with Crippen molar-refractivity contribution in [2.75, 3.05) is 20.6 Å². The maximum atomic E-state index is 10.4. The Bertz CT molecular complexity index is 175. The van der Waals surface area contributed by atoms with Crippen LogP contribution in [0.3, 0.4) is 0 Å². The number of hydrogen-bond acceptors (Lipinski definition) is 4. The smallest absolute Gasteiger partial charge is 0.362 e. The number of hydrogen-bond donors (Lipinski definition) is 4. The summed E-state index contributed by atoms with van der Waals surface area (Å²) in [5, 5.41) is 11.5. The number of carbonyl (C=O) groups is 1. The van der Waals surface area contributed by atoms with Crippen LogP contribution in [0.1, 0.15) is 12.8 Å². The summed E-state index contributed by atoms with van der Waals surface area (Å²) in [4.78, 5) is 12.2. The van der Waals surface area contributed by atoms with Gasteiger partial charge in [-0.25, -0.2) is 4.79 Å². The molecule has 0 fully saturated rings. The molecule has 14 heavy (non-hydrogen) atoms.